The summed E-state index contributed by atoms with van der Waals surface area (Å²) in [7, 11) is 2.12. The van der Waals surface area contributed by atoms with Crippen LogP contribution in [0.2, 0.25) is 0 Å². The molecule has 5 heteroatoms. The highest BCUT2D eigenvalue weighted by Gasteiger charge is 2.28. The summed E-state index contributed by atoms with van der Waals surface area (Å²) in [5.41, 5.74) is 7.00. The third kappa shape index (κ3) is 2.98. The van der Waals surface area contributed by atoms with Gasteiger partial charge >= 0.3 is 0 Å². The minimum Gasteiger partial charge on any atom is -0.383 e. The molecule has 2 rings (SSSR count). The van der Waals surface area contributed by atoms with Gasteiger partial charge in [-0.2, -0.15) is 0 Å². The lowest BCUT2D eigenvalue weighted by atomic mass is 10.0. The van der Waals surface area contributed by atoms with Crippen molar-refractivity contribution in [2.45, 2.75) is 19.1 Å². The fourth-order valence-corrected chi connectivity index (χ4v) is 2.37. The number of hydrogen-bond acceptors (Lipinski definition) is 5. The van der Waals surface area contributed by atoms with Gasteiger partial charge in [-0.3, -0.25) is 0 Å². The number of rotatable bonds is 4. The van der Waals surface area contributed by atoms with E-state index >= 15 is 0 Å². The van der Waals surface area contributed by atoms with E-state index in [1.807, 2.05) is 12.1 Å². The third-order valence-corrected chi connectivity index (χ3v) is 3.30. The Morgan fingerprint density at radius 1 is 1.67 bits per heavy atom. The van der Waals surface area contributed by atoms with Crippen molar-refractivity contribution in [3.05, 3.63) is 23.9 Å². The number of anilines is 1. The smallest absolute Gasteiger partial charge is 0.128 e. The number of ether oxygens (including phenoxy) is 1. The van der Waals surface area contributed by atoms with Crippen LogP contribution in [0.15, 0.2) is 18.3 Å². The molecule has 2 heterocycles. The molecule has 5 nitrogen and oxygen atoms in total. The Hall–Kier alpha value is -1.17. The maximum atomic E-state index is 5.97. The Bertz CT molecular complexity index is 385. The predicted octanol–water partition coefficient (Wildman–Crippen LogP) is 0.645. The van der Waals surface area contributed by atoms with Gasteiger partial charge in [-0.15, -0.1) is 0 Å². The molecule has 18 heavy (non-hydrogen) atoms. The molecule has 0 spiro atoms. The van der Waals surface area contributed by atoms with Gasteiger partial charge < -0.3 is 20.7 Å². The molecular formula is C13H22N4O. The molecule has 0 amide bonds. The maximum Gasteiger partial charge on any atom is 0.128 e. The quantitative estimate of drug-likeness (QED) is 0.821. The van der Waals surface area contributed by atoms with Crippen molar-refractivity contribution in [2.24, 2.45) is 0 Å². The van der Waals surface area contributed by atoms with Crippen molar-refractivity contribution >= 4 is 5.82 Å². The first-order chi connectivity index (χ1) is 8.72. The van der Waals surface area contributed by atoms with Gasteiger partial charge in [0.1, 0.15) is 5.82 Å². The second-order valence-corrected chi connectivity index (χ2v) is 4.68. The minimum atomic E-state index is 0.103. The lowest BCUT2D eigenvalue weighted by Crippen LogP contribution is -2.46. The molecule has 1 aromatic rings. The van der Waals surface area contributed by atoms with E-state index in [1.54, 1.807) is 6.20 Å². The molecule has 2 unspecified atom stereocenters. The number of morpholine rings is 1. The lowest BCUT2D eigenvalue weighted by Gasteiger charge is -2.35. The number of nitrogens with zero attached hydrogens (tertiary/aromatic N) is 2. The van der Waals surface area contributed by atoms with Crippen LogP contribution in [0, 0.1) is 0 Å². The summed E-state index contributed by atoms with van der Waals surface area (Å²) in [5, 5.41) is 3.46. The van der Waals surface area contributed by atoms with Crippen LogP contribution in [0.1, 0.15) is 18.5 Å². The topological polar surface area (TPSA) is 63.4 Å². The third-order valence-electron chi connectivity index (χ3n) is 3.30. The summed E-state index contributed by atoms with van der Waals surface area (Å²) in [5.74, 6) is 0.584. The van der Waals surface area contributed by atoms with Crippen molar-refractivity contribution in [1.82, 2.24) is 15.2 Å². The monoisotopic (exact) mass is 250 g/mol. The number of aromatic nitrogens is 1. The molecular weight excluding hydrogens is 228 g/mol. The highest BCUT2D eigenvalue weighted by molar-refractivity contribution is 5.41. The molecule has 0 bridgehead atoms. The van der Waals surface area contributed by atoms with E-state index in [0.29, 0.717) is 5.82 Å². The van der Waals surface area contributed by atoms with Crippen LogP contribution in [0.4, 0.5) is 5.82 Å². The number of pyridine rings is 1. The van der Waals surface area contributed by atoms with Gasteiger partial charge in [0.2, 0.25) is 0 Å². The first-order valence-electron chi connectivity index (χ1n) is 6.46. The molecule has 3 N–H and O–H groups in total. The van der Waals surface area contributed by atoms with Gasteiger partial charge in [-0.25, -0.2) is 4.98 Å². The van der Waals surface area contributed by atoms with Crippen LogP contribution in [-0.2, 0) is 4.74 Å². The molecule has 1 aliphatic rings. The van der Waals surface area contributed by atoms with Crippen molar-refractivity contribution < 1.29 is 4.74 Å². The van der Waals surface area contributed by atoms with Crippen molar-refractivity contribution in [1.29, 1.82) is 0 Å². The summed E-state index contributed by atoms with van der Waals surface area (Å²) < 4.78 is 5.88. The summed E-state index contributed by atoms with van der Waals surface area (Å²) >= 11 is 0. The van der Waals surface area contributed by atoms with Gasteiger partial charge in [0.05, 0.1) is 18.8 Å². The highest BCUT2D eigenvalue weighted by atomic mass is 16.5. The minimum absolute atomic E-state index is 0.103. The van der Waals surface area contributed by atoms with Crippen LogP contribution in [0.5, 0.6) is 0 Å². The fraction of sp³-hybridized carbons (Fsp3) is 0.615. The van der Waals surface area contributed by atoms with Gasteiger partial charge in [0.25, 0.3) is 0 Å². The average molecular weight is 250 g/mol. The number of likely N-dealkylation sites (N-methyl/N-ethyl adjacent to an activating group) is 2. The SMILES string of the molecule is CCNC(c1cccnc1N)C1CN(C)CCO1. The van der Waals surface area contributed by atoms with Crippen molar-refractivity contribution in [3.63, 3.8) is 0 Å². The average Bonchev–Trinajstić information content (AvgIpc) is 2.37. The zero-order valence-corrected chi connectivity index (χ0v) is 11.1. The second kappa shape index (κ2) is 6.13. The number of nitrogen functional groups attached to an aromatic ring is 1. The van der Waals surface area contributed by atoms with E-state index in [9.17, 15) is 0 Å². The number of nitrogens with two attached hydrogens (primary N) is 1. The van der Waals surface area contributed by atoms with E-state index < -0.39 is 0 Å². The summed E-state index contributed by atoms with van der Waals surface area (Å²) in [6.07, 6.45) is 1.84. The Balaban J connectivity index is 2.19. The van der Waals surface area contributed by atoms with Crippen molar-refractivity contribution in [2.75, 3.05) is 39.0 Å². The molecule has 0 radical (unpaired) electrons. The maximum absolute atomic E-state index is 5.97. The lowest BCUT2D eigenvalue weighted by molar-refractivity contribution is -0.0389. The zero-order chi connectivity index (χ0) is 13.0. The Morgan fingerprint density at radius 3 is 3.17 bits per heavy atom. The highest BCUT2D eigenvalue weighted by Crippen LogP contribution is 2.25. The summed E-state index contributed by atoms with van der Waals surface area (Å²) in [6.45, 7) is 5.63. The van der Waals surface area contributed by atoms with E-state index in [-0.39, 0.29) is 12.1 Å². The molecule has 1 saturated heterocycles. The Labute approximate surface area is 108 Å². The number of hydrogen-bond donors (Lipinski definition) is 2. The summed E-state index contributed by atoms with van der Waals surface area (Å²) in [4.78, 5) is 6.45. The van der Waals surface area contributed by atoms with E-state index in [0.717, 1.165) is 31.8 Å². The fourth-order valence-electron chi connectivity index (χ4n) is 2.37. The van der Waals surface area contributed by atoms with Crippen LogP contribution in [-0.4, -0.2) is 49.3 Å². The Morgan fingerprint density at radius 2 is 2.50 bits per heavy atom. The molecule has 1 aliphatic heterocycles. The predicted molar refractivity (Wildman–Crippen MR) is 72.3 cm³/mol. The molecule has 0 aliphatic carbocycles. The molecule has 1 aromatic heterocycles. The second-order valence-electron chi connectivity index (χ2n) is 4.68. The first-order valence-corrected chi connectivity index (χ1v) is 6.46. The summed E-state index contributed by atoms with van der Waals surface area (Å²) in [6, 6.07) is 4.04. The van der Waals surface area contributed by atoms with Crippen molar-refractivity contribution in [3.8, 4) is 0 Å². The van der Waals surface area contributed by atoms with Gasteiger partial charge in [0, 0.05) is 24.8 Å². The molecule has 0 saturated carbocycles. The van der Waals surface area contributed by atoms with E-state index in [1.165, 1.54) is 0 Å². The standard InChI is InChI=1S/C13H22N4O/c1-3-15-12(10-5-4-6-16-13(10)14)11-9-17(2)7-8-18-11/h4-6,11-12,15H,3,7-9H2,1-2H3,(H2,14,16). The van der Waals surface area contributed by atoms with Gasteiger partial charge in [-0.05, 0) is 19.7 Å². The van der Waals surface area contributed by atoms with E-state index in [4.69, 9.17) is 10.5 Å². The van der Waals surface area contributed by atoms with Crippen LogP contribution >= 0.6 is 0 Å². The van der Waals surface area contributed by atoms with Gasteiger partial charge in [-0.1, -0.05) is 13.0 Å². The largest absolute Gasteiger partial charge is 0.383 e. The van der Waals surface area contributed by atoms with E-state index in [2.05, 4.69) is 29.2 Å². The van der Waals surface area contributed by atoms with Crippen LogP contribution in [0.25, 0.3) is 0 Å². The van der Waals surface area contributed by atoms with Crippen LogP contribution in [0.3, 0.4) is 0 Å². The zero-order valence-electron chi connectivity index (χ0n) is 11.1. The Kier molecular flexibility index (Phi) is 4.52. The molecule has 100 valence electrons. The van der Waals surface area contributed by atoms with Gasteiger partial charge in [0.15, 0.2) is 0 Å². The first kappa shape index (κ1) is 13.3. The van der Waals surface area contributed by atoms with Crippen LogP contribution < -0.4 is 11.1 Å². The normalized spacial score (nSPS) is 22.9. The molecule has 1 fully saturated rings. The molecule has 2 atom stereocenters. The number of nitrogens with one attached hydrogen (secondary N) is 1. The molecule has 0 aromatic carbocycles.